The van der Waals surface area contributed by atoms with Crippen LogP contribution in [0.4, 0.5) is 52.7 Å². The van der Waals surface area contributed by atoms with Crippen molar-refractivity contribution in [3.63, 3.8) is 0 Å². The van der Waals surface area contributed by atoms with Crippen molar-refractivity contribution in [1.82, 2.24) is 0 Å². The molecule has 1 fully saturated rings. The number of rotatable bonds is 1. The van der Waals surface area contributed by atoms with Gasteiger partial charge in [0.2, 0.25) is 0 Å². The molecule has 1 saturated carbocycles. The van der Waals surface area contributed by atoms with Gasteiger partial charge in [-0.05, 0) is 181 Å². The maximum absolute atomic E-state index is 12.8. The molecule has 0 aromatic heterocycles. The van der Waals surface area contributed by atoms with Crippen molar-refractivity contribution >= 4 is 0 Å². The summed E-state index contributed by atoms with van der Waals surface area (Å²) in [5.41, 5.74) is 2.90. The van der Waals surface area contributed by atoms with E-state index in [4.69, 9.17) is 33.5 Å². The van der Waals surface area contributed by atoms with Crippen LogP contribution in [0.2, 0.25) is 0 Å². The van der Waals surface area contributed by atoms with E-state index in [2.05, 4.69) is 32.4 Å². The first-order valence-electron chi connectivity index (χ1n) is 30.5. The minimum Gasteiger partial charge on any atom is -0.508 e. The monoisotopic (exact) mass is 1380 g/mol. The number of phenols is 7. The van der Waals surface area contributed by atoms with Crippen LogP contribution in [-0.4, -0.2) is 86.9 Å². The molecule has 1 aliphatic carbocycles. The highest BCUT2D eigenvalue weighted by Gasteiger charge is 2.58. The fourth-order valence-electron chi connectivity index (χ4n) is 11.9. The second-order valence-corrected chi connectivity index (χ2v) is 26.2. The van der Waals surface area contributed by atoms with E-state index in [1.807, 2.05) is 30.3 Å². The van der Waals surface area contributed by atoms with Gasteiger partial charge in [0.25, 0.3) is 0 Å². The van der Waals surface area contributed by atoms with Gasteiger partial charge in [-0.25, -0.2) is 0 Å². The van der Waals surface area contributed by atoms with E-state index >= 15 is 0 Å². The average Bonchev–Trinajstić information content (AvgIpc) is 1.55. The van der Waals surface area contributed by atoms with Gasteiger partial charge in [0.05, 0.1) is 58.8 Å². The van der Waals surface area contributed by atoms with Crippen molar-refractivity contribution in [1.29, 1.82) is 0 Å². The minimum absolute atomic E-state index is 0.00463. The molecule has 0 radical (unpaired) electrons. The number of alkyl halides is 12. The molecule has 14 nitrogen and oxygen atoms in total. The molecule has 97 heavy (non-hydrogen) atoms. The van der Waals surface area contributed by atoms with Gasteiger partial charge in [0.1, 0.15) is 69.5 Å². The second-order valence-electron chi connectivity index (χ2n) is 26.2. The standard InChI is InChI=1S/2C11H14O2.3C10H9F3O2.C10H10O2.C9H7F3O2/c1-11(2)7-13-6-8-3-4-9(12)5-10(8)11;1-11(2)5-6-13-10-4-3-8(12)7-9(10)11;1-9(10(11,12)13)8-4-7(14)3-2-6(8)5-15-9;1-9(10(11,12)13)5-15-8-3-2-6(14)4-7(8)9;11-10(12,13)4-9-8-3-7(14)2-1-6(8)5-15-9;11-7-1-2-9-8(5-7)10(3-4-10)6-12-9;10-9(11,12)8-7-3-6(13)2-1-5(7)4-14-8/h3-5,12H,6-7H2,1-2H3;3-4,7,12H,5-6H2,1-2H3;2*2-4,14H,5H2,1H3;1-3,9,14H,4-5H2;1-2,5,11H,3-4,6H2;1-3,8,13H,4H2. The number of aromatic hydroxyl groups is 7. The van der Waals surface area contributed by atoms with Gasteiger partial charge >= 0.3 is 24.7 Å². The van der Waals surface area contributed by atoms with Gasteiger partial charge in [-0.1, -0.05) is 52.0 Å². The number of halogens is 12. The Kier molecular flexibility index (Phi) is 20.6. The molecular weight excluding hydrogens is 1300 g/mol. The van der Waals surface area contributed by atoms with Crippen LogP contribution in [0.3, 0.4) is 0 Å². The van der Waals surface area contributed by atoms with E-state index in [0.717, 1.165) is 75.4 Å². The first-order chi connectivity index (χ1) is 45.1. The van der Waals surface area contributed by atoms with Gasteiger partial charge in [-0.2, -0.15) is 52.7 Å². The topological polar surface area (TPSA) is 206 Å². The van der Waals surface area contributed by atoms with Gasteiger partial charge in [0.15, 0.2) is 11.7 Å². The molecule has 7 heterocycles. The Bertz CT molecular complexity index is 3810. The summed E-state index contributed by atoms with van der Waals surface area (Å²) in [5.74, 6) is 2.49. The Labute approximate surface area is 550 Å². The summed E-state index contributed by atoms with van der Waals surface area (Å²) in [4.78, 5) is 0. The summed E-state index contributed by atoms with van der Waals surface area (Å²) >= 11 is 0. The molecule has 26 heteroatoms. The Balaban J connectivity index is 0.000000133. The second kappa shape index (κ2) is 27.5. The Morgan fingerprint density at radius 2 is 0.845 bits per heavy atom. The predicted molar refractivity (Wildman–Crippen MR) is 328 cm³/mol. The molecule has 0 amide bonds. The SMILES string of the molecule is CC1(C(F)(F)F)COc2ccc(O)cc21.CC1(C(F)(F)F)OCc2ccc(O)cc21.CC1(C)CCOc2ccc(O)cc21.CC1(C)COCc2ccc(O)cc21.Oc1ccc2c(c1)C(C(F)(F)F)OC2.Oc1ccc2c(c1)C(CC(F)(F)F)OC2.Oc1ccc2c(c1)C1(CC1)CO2. The molecular formula is C71H72F12O14. The Morgan fingerprint density at radius 1 is 0.402 bits per heavy atom. The van der Waals surface area contributed by atoms with Crippen LogP contribution in [-0.2, 0) is 72.6 Å². The lowest BCUT2D eigenvalue weighted by molar-refractivity contribution is -0.272. The number of phenolic OH excluding ortho intramolecular Hbond substituents is 7. The van der Waals surface area contributed by atoms with Crippen molar-refractivity contribution in [3.05, 3.63) is 189 Å². The van der Waals surface area contributed by atoms with E-state index in [-0.39, 0.29) is 81.5 Å². The molecule has 7 aromatic carbocycles. The maximum atomic E-state index is 12.8. The van der Waals surface area contributed by atoms with Crippen molar-refractivity contribution in [3.8, 4) is 57.5 Å². The number of fused-ring (bicyclic) bond motifs is 8. The molecule has 4 unspecified atom stereocenters. The van der Waals surface area contributed by atoms with E-state index in [9.17, 15) is 83.3 Å². The highest BCUT2D eigenvalue weighted by molar-refractivity contribution is 5.52. The summed E-state index contributed by atoms with van der Waals surface area (Å²) in [6.45, 7) is 13.2. The van der Waals surface area contributed by atoms with Gasteiger partial charge in [0, 0.05) is 33.1 Å². The molecule has 7 aliphatic heterocycles. The lowest BCUT2D eigenvalue weighted by atomic mass is 9.80. The molecule has 0 saturated heterocycles. The minimum atomic E-state index is -4.48. The quantitative estimate of drug-likeness (QED) is 0.0764. The van der Waals surface area contributed by atoms with Crippen molar-refractivity contribution in [2.45, 2.75) is 158 Å². The molecule has 0 bridgehead atoms. The Hall–Kier alpha value is -8.46. The summed E-state index contributed by atoms with van der Waals surface area (Å²) < 4.78 is 186. The maximum Gasteiger partial charge on any atom is 0.421 e. The smallest absolute Gasteiger partial charge is 0.421 e. The summed E-state index contributed by atoms with van der Waals surface area (Å²) in [6.07, 6.45) is -18.0. The Morgan fingerprint density at radius 3 is 1.38 bits per heavy atom. The zero-order valence-corrected chi connectivity index (χ0v) is 53.3. The van der Waals surface area contributed by atoms with E-state index in [1.54, 1.807) is 30.3 Å². The summed E-state index contributed by atoms with van der Waals surface area (Å²) in [7, 11) is 0. The highest BCUT2D eigenvalue weighted by atomic mass is 19.4. The summed E-state index contributed by atoms with van der Waals surface area (Å²) in [5, 5.41) is 64.6. The van der Waals surface area contributed by atoms with Crippen molar-refractivity contribution < 1.29 is 122 Å². The lowest BCUT2D eigenvalue weighted by Crippen LogP contribution is -2.40. The largest absolute Gasteiger partial charge is 0.508 e. The number of ether oxygens (including phenoxy) is 7. The third-order valence-electron chi connectivity index (χ3n) is 17.9. The third kappa shape index (κ3) is 16.6. The van der Waals surface area contributed by atoms with Crippen LogP contribution in [0.1, 0.15) is 141 Å². The van der Waals surface area contributed by atoms with Gasteiger partial charge in [-0.3, -0.25) is 0 Å². The fourth-order valence-corrected chi connectivity index (χ4v) is 11.9. The highest BCUT2D eigenvalue weighted by Crippen LogP contribution is 2.56. The molecule has 7 aromatic rings. The summed E-state index contributed by atoms with van der Waals surface area (Å²) in [6, 6.07) is 32.1. The number of hydrogen-bond acceptors (Lipinski definition) is 14. The first kappa shape index (κ1) is 72.8. The normalized spacial score (nSPS) is 21.8. The van der Waals surface area contributed by atoms with Crippen LogP contribution in [0.15, 0.2) is 127 Å². The predicted octanol–water partition coefficient (Wildman–Crippen LogP) is 17.2. The lowest BCUT2D eigenvalue weighted by Gasteiger charge is -2.32. The van der Waals surface area contributed by atoms with E-state index in [0.29, 0.717) is 46.1 Å². The van der Waals surface area contributed by atoms with Gasteiger partial charge < -0.3 is 68.9 Å². The zero-order chi connectivity index (χ0) is 71.1. The molecule has 1 spiro atoms. The third-order valence-corrected chi connectivity index (χ3v) is 17.9. The molecule has 7 N–H and O–H groups in total. The van der Waals surface area contributed by atoms with Crippen molar-refractivity contribution in [2.24, 2.45) is 0 Å². The molecule has 15 rings (SSSR count). The van der Waals surface area contributed by atoms with Crippen LogP contribution >= 0.6 is 0 Å². The first-order valence-corrected chi connectivity index (χ1v) is 30.5. The van der Waals surface area contributed by atoms with Crippen molar-refractivity contribution in [2.75, 3.05) is 26.4 Å². The van der Waals surface area contributed by atoms with E-state index < -0.39 is 61.0 Å². The molecule has 4 atom stereocenters. The molecule has 8 aliphatic rings. The number of benzene rings is 7. The van der Waals surface area contributed by atoms with Crippen LogP contribution in [0.25, 0.3) is 0 Å². The molecule has 524 valence electrons. The van der Waals surface area contributed by atoms with Crippen LogP contribution < -0.4 is 14.2 Å². The average molecular weight is 1380 g/mol. The van der Waals surface area contributed by atoms with Gasteiger partial charge in [-0.15, -0.1) is 0 Å². The van der Waals surface area contributed by atoms with Crippen LogP contribution in [0.5, 0.6) is 57.5 Å². The number of hydrogen-bond donors (Lipinski definition) is 7. The van der Waals surface area contributed by atoms with E-state index in [1.165, 1.54) is 78.1 Å². The zero-order valence-electron chi connectivity index (χ0n) is 53.3. The van der Waals surface area contributed by atoms with Crippen LogP contribution in [0, 0.1) is 0 Å². The fraction of sp³-hybridized carbons (Fsp3) is 0.408.